The number of nitriles is 1. The van der Waals surface area contributed by atoms with E-state index in [1.54, 1.807) is 25.5 Å². The first kappa shape index (κ1) is 24.9. The summed E-state index contributed by atoms with van der Waals surface area (Å²) in [7, 11) is 1.78. The average Bonchev–Trinajstić information content (AvgIpc) is 3.02. The van der Waals surface area contributed by atoms with E-state index in [-0.39, 0.29) is 0 Å². The maximum Gasteiger partial charge on any atom is 0.228 e. The number of ether oxygens (including phenoxy) is 1. The Labute approximate surface area is 232 Å². The molecule has 3 heterocycles. The highest BCUT2D eigenvalue weighted by atomic mass is 16.5. The largest absolute Gasteiger partial charge is 0.438 e. The van der Waals surface area contributed by atoms with Gasteiger partial charge in [-0.25, -0.2) is 15.0 Å². The molecule has 1 aliphatic rings. The SMILES string of the molecule is CNc1nccc(-c2cccnc2Oc2ccc(Nc3nnc(-c4cccc(C#N)c4)c4c3CCCC4)cc2)n1. The summed E-state index contributed by atoms with van der Waals surface area (Å²) in [6, 6.07) is 23.0. The van der Waals surface area contributed by atoms with Crippen molar-refractivity contribution in [3.8, 4) is 40.2 Å². The first-order valence-electron chi connectivity index (χ1n) is 13.1. The second-order valence-corrected chi connectivity index (χ2v) is 9.38. The molecular formula is C31H26N8O. The lowest BCUT2D eigenvalue weighted by atomic mass is 9.89. The van der Waals surface area contributed by atoms with Crippen molar-refractivity contribution in [3.63, 3.8) is 0 Å². The van der Waals surface area contributed by atoms with Crippen LogP contribution in [0.3, 0.4) is 0 Å². The lowest BCUT2D eigenvalue weighted by molar-refractivity contribution is 0.465. The number of hydrogen-bond donors (Lipinski definition) is 2. The van der Waals surface area contributed by atoms with Crippen LogP contribution in [0.5, 0.6) is 11.6 Å². The molecule has 2 N–H and O–H groups in total. The first-order chi connectivity index (χ1) is 19.7. The summed E-state index contributed by atoms with van der Waals surface area (Å²) >= 11 is 0. The maximum atomic E-state index is 9.33. The van der Waals surface area contributed by atoms with E-state index in [0.29, 0.717) is 28.8 Å². The highest BCUT2D eigenvalue weighted by Gasteiger charge is 2.21. The molecule has 0 saturated heterocycles. The molecular weight excluding hydrogens is 500 g/mol. The quantitative estimate of drug-likeness (QED) is 0.251. The van der Waals surface area contributed by atoms with Gasteiger partial charge in [0.15, 0.2) is 5.82 Å². The normalized spacial score (nSPS) is 12.2. The standard InChI is InChI=1S/C31H26N8O/c1-33-31-35-17-15-27(37-31)26-10-5-16-34-30(26)40-23-13-11-22(12-14-23)36-29-25-9-3-2-8-24(25)28(38-39-29)21-7-4-6-20(18-21)19-32/h4-7,10-18H,2-3,8-9H2,1H3,(H,36,39)(H,33,35,37). The highest BCUT2D eigenvalue weighted by Crippen LogP contribution is 2.35. The van der Waals surface area contributed by atoms with E-state index >= 15 is 0 Å². The molecule has 0 aliphatic heterocycles. The topological polar surface area (TPSA) is 122 Å². The monoisotopic (exact) mass is 526 g/mol. The summed E-state index contributed by atoms with van der Waals surface area (Å²) in [5, 5.41) is 24.9. The Bertz CT molecular complexity index is 1710. The number of fused-ring (bicyclic) bond motifs is 1. The minimum Gasteiger partial charge on any atom is -0.438 e. The van der Waals surface area contributed by atoms with Crippen LogP contribution in [-0.4, -0.2) is 32.2 Å². The van der Waals surface area contributed by atoms with Crippen LogP contribution in [0.25, 0.3) is 22.5 Å². The van der Waals surface area contributed by atoms with Gasteiger partial charge in [-0.05, 0) is 85.8 Å². The predicted octanol–water partition coefficient (Wildman–Crippen LogP) is 6.32. The fourth-order valence-electron chi connectivity index (χ4n) is 4.87. The smallest absolute Gasteiger partial charge is 0.228 e. The van der Waals surface area contributed by atoms with Gasteiger partial charge in [0.05, 0.1) is 28.6 Å². The van der Waals surface area contributed by atoms with Crippen molar-refractivity contribution < 1.29 is 4.74 Å². The maximum absolute atomic E-state index is 9.33. The molecule has 9 heteroatoms. The van der Waals surface area contributed by atoms with Gasteiger partial charge in [-0.15, -0.1) is 10.2 Å². The molecule has 196 valence electrons. The van der Waals surface area contributed by atoms with Crippen LogP contribution in [0, 0.1) is 11.3 Å². The molecule has 0 bridgehead atoms. The number of rotatable bonds is 7. The fourth-order valence-corrected chi connectivity index (χ4v) is 4.87. The molecule has 6 rings (SSSR count). The van der Waals surface area contributed by atoms with Crippen molar-refractivity contribution in [3.05, 3.63) is 95.8 Å². The Kier molecular flexibility index (Phi) is 6.97. The minimum atomic E-state index is 0.458. The highest BCUT2D eigenvalue weighted by molar-refractivity contribution is 5.71. The van der Waals surface area contributed by atoms with E-state index < -0.39 is 0 Å². The second kappa shape index (κ2) is 11.2. The predicted molar refractivity (Wildman–Crippen MR) is 153 cm³/mol. The molecule has 0 fully saturated rings. The van der Waals surface area contributed by atoms with Crippen LogP contribution < -0.4 is 15.4 Å². The third-order valence-corrected chi connectivity index (χ3v) is 6.81. The van der Waals surface area contributed by atoms with E-state index in [2.05, 4.69) is 41.9 Å². The Morgan fingerprint density at radius 1 is 0.875 bits per heavy atom. The van der Waals surface area contributed by atoms with E-state index in [9.17, 15) is 5.26 Å². The van der Waals surface area contributed by atoms with E-state index in [1.807, 2.05) is 60.7 Å². The average molecular weight is 527 g/mol. The summed E-state index contributed by atoms with van der Waals surface area (Å²) in [5.41, 5.74) is 7.15. The van der Waals surface area contributed by atoms with Crippen LogP contribution >= 0.6 is 0 Å². The molecule has 3 aromatic heterocycles. The van der Waals surface area contributed by atoms with Crippen molar-refractivity contribution in [2.75, 3.05) is 17.7 Å². The van der Waals surface area contributed by atoms with Crippen LogP contribution in [0.1, 0.15) is 29.5 Å². The molecule has 0 saturated carbocycles. The van der Waals surface area contributed by atoms with Gasteiger partial charge in [-0.1, -0.05) is 12.1 Å². The zero-order chi connectivity index (χ0) is 27.3. The van der Waals surface area contributed by atoms with Crippen molar-refractivity contribution >= 4 is 17.5 Å². The zero-order valence-electron chi connectivity index (χ0n) is 21.9. The lowest BCUT2D eigenvalue weighted by Crippen LogP contribution is -2.12. The third kappa shape index (κ3) is 5.15. The number of aromatic nitrogens is 5. The molecule has 0 amide bonds. The summed E-state index contributed by atoms with van der Waals surface area (Å²) < 4.78 is 6.15. The van der Waals surface area contributed by atoms with Gasteiger partial charge in [-0.3, -0.25) is 0 Å². The van der Waals surface area contributed by atoms with Crippen LogP contribution in [-0.2, 0) is 12.8 Å². The third-order valence-electron chi connectivity index (χ3n) is 6.81. The summed E-state index contributed by atoms with van der Waals surface area (Å²) in [5.74, 6) is 2.39. The Hall–Kier alpha value is -5.36. The van der Waals surface area contributed by atoms with Gasteiger partial charge < -0.3 is 15.4 Å². The molecule has 0 unspecified atom stereocenters. The van der Waals surface area contributed by atoms with Crippen molar-refractivity contribution in [1.82, 2.24) is 25.1 Å². The summed E-state index contributed by atoms with van der Waals surface area (Å²) in [6.45, 7) is 0. The number of pyridine rings is 1. The first-order valence-corrected chi connectivity index (χ1v) is 13.1. The summed E-state index contributed by atoms with van der Waals surface area (Å²) in [4.78, 5) is 13.1. The van der Waals surface area contributed by atoms with Gasteiger partial charge in [0, 0.05) is 36.3 Å². The zero-order valence-corrected chi connectivity index (χ0v) is 21.9. The van der Waals surface area contributed by atoms with Crippen molar-refractivity contribution in [2.24, 2.45) is 0 Å². The lowest BCUT2D eigenvalue weighted by Gasteiger charge is -2.21. The van der Waals surface area contributed by atoms with Gasteiger partial charge in [0.2, 0.25) is 11.8 Å². The molecule has 0 atom stereocenters. The van der Waals surface area contributed by atoms with Crippen LogP contribution in [0.4, 0.5) is 17.5 Å². The number of nitrogens with zero attached hydrogens (tertiary/aromatic N) is 6. The Morgan fingerprint density at radius 2 is 1.73 bits per heavy atom. The Morgan fingerprint density at radius 3 is 2.55 bits per heavy atom. The number of nitrogens with one attached hydrogen (secondary N) is 2. The summed E-state index contributed by atoms with van der Waals surface area (Å²) in [6.07, 6.45) is 7.47. The van der Waals surface area contributed by atoms with Gasteiger partial charge >= 0.3 is 0 Å². The molecule has 40 heavy (non-hydrogen) atoms. The molecule has 0 radical (unpaired) electrons. The van der Waals surface area contributed by atoms with E-state index in [0.717, 1.165) is 54.0 Å². The van der Waals surface area contributed by atoms with Crippen LogP contribution in [0.2, 0.25) is 0 Å². The van der Waals surface area contributed by atoms with Gasteiger partial charge in [-0.2, -0.15) is 5.26 Å². The molecule has 0 spiro atoms. The Balaban J connectivity index is 1.24. The van der Waals surface area contributed by atoms with Crippen molar-refractivity contribution in [2.45, 2.75) is 25.7 Å². The van der Waals surface area contributed by atoms with Gasteiger partial charge in [0.1, 0.15) is 5.75 Å². The number of anilines is 3. The second-order valence-electron chi connectivity index (χ2n) is 9.38. The van der Waals surface area contributed by atoms with Gasteiger partial charge in [0.25, 0.3) is 0 Å². The molecule has 9 nitrogen and oxygen atoms in total. The van der Waals surface area contributed by atoms with E-state index in [1.165, 1.54) is 11.1 Å². The molecule has 1 aliphatic carbocycles. The van der Waals surface area contributed by atoms with E-state index in [4.69, 9.17) is 4.74 Å². The molecule has 5 aromatic rings. The van der Waals surface area contributed by atoms with Crippen molar-refractivity contribution in [1.29, 1.82) is 5.26 Å². The fraction of sp³-hybridized carbons (Fsp3) is 0.161. The van der Waals surface area contributed by atoms with Crippen LogP contribution in [0.15, 0.2) is 79.1 Å². The number of benzene rings is 2. The number of hydrogen-bond acceptors (Lipinski definition) is 9. The minimum absolute atomic E-state index is 0.458. The molecule has 2 aromatic carbocycles.